The lowest BCUT2D eigenvalue weighted by atomic mass is 9.98. The average Bonchev–Trinajstić information content (AvgIpc) is 3.02. The third-order valence-electron chi connectivity index (χ3n) is 8.15. The molecule has 0 saturated carbocycles. The third-order valence-corrected chi connectivity index (χ3v) is 8.15. The molecule has 0 aromatic heterocycles. The van der Waals surface area contributed by atoms with Crippen molar-refractivity contribution in [1.82, 2.24) is 0 Å². The molecule has 21 nitrogen and oxygen atoms in total. The molecule has 4 fully saturated rings. The van der Waals surface area contributed by atoms with E-state index in [1.807, 2.05) is 0 Å². The van der Waals surface area contributed by atoms with Gasteiger partial charge in [0.1, 0.15) is 97.7 Å². The van der Waals surface area contributed by atoms with E-state index in [9.17, 15) is 71.5 Å². The molecular weight excluding hydrogens is 624 g/mol. The maximum absolute atomic E-state index is 10.4. The summed E-state index contributed by atoms with van der Waals surface area (Å²) in [6, 6.07) is 0. The van der Waals surface area contributed by atoms with Crippen LogP contribution in [0.15, 0.2) is 0 Å². The van der Waals surface area contributed by atoms with Gasteiger partial charge in [-0.25, -0.2) is 0 Å². The second-order valence-electron chi connectivity index (χ2n) is 11.3. The van der Waals surface area contributed by atoms with Crippen LogP contribution in [0.25, 0.3) is 0 Å². The zero-order valence-electron chi connectivity index (χ0n) is 23.5. The van der Waals surface area contributed by atoms with Gasteiger partial charge in [0.15, 0.2) is 25.2 Å². The first-order valence-corrected chi connectivity index (χ1v) is 14.1. The highest BCUT2D eigenvalue weighted by Gasteiger charge is 2.50. The minimum absolute atomic E-state index is 0.633. The summed E-state index contributed by atoms with van der Waals surface area (Å²) < 4.78 is 37.2. The highest BCUT2D eigenvalue weighted by Crippen LogP contribution is 2.29. The molecule has 4 aliphatic rings. The van der Waals surface area contributed by atoms with Crippen molar-refractivity contribution in [2.75, 3.05) is 26.4 Å². The number of aliphatic hydroxyl groups is 14. The second kappa shape index (κ2) is 15.6. The molecule has 45 heavy (non-hydrogen) atoms. The fourth-order valence-corrected chi connectivity index (χ4v) is 5.23. The Bertz CT molecular complexity index is 916. The first-order valence-electron chi connectivity index (χ1n) is 14.1. The minimum Gasteiger partial charge on any atom is -0.394 e. The van der Waals surface area contributed by atoms with Crippen LogP contribution in [0.3, 0.4) is 0 Å². The van der Waals surface area contributed by atoms with Crippen LogP contribution < -0.4 is 0 Å². The van der Waals surface area contributed by atoms with Gasteiger partial charge < -0.3 is 105 Å². The predicted octanol–water partition coefficient (Wildman–Crippen LogP) is -9.75. The molecule has 0 spiro atoms. The van der Waals surface area contributed by atoms with Gasteiger partial charge in [0.25, 0.3) is 0 Å². The molecule has 0 aromatic rings. The molecule has 0 aliphatic carbocycles. The fourth-order valence-electron chi connectivity index (χ4n) is 5.23. The van der Waals surface area contributed by atoms with Crippen molar-refractivity contribution in [2.45, 2.75) is 123 Å². The Morgan fingerprint density at radius 3 is 0.978 bits per heavy atom. The standard InChI is InChI=1S/C24H42O21/c25-1-5-9(26)14(31)18(35)22(43-5)40-3-7-11(28)16(33)20(37)24(45-7)41-4-8-12(29)15(32)19(36)23(44-8)39-2-6-10(27)13(30)17(34)21(38)42-6/h5-38H,1-4H2/t5-,6-,7-,8-,9+,10+,11+,12+,13+,14+,15+,16+,17-,18-,19-,20-,21-,22-,23+,24-/m1/s1. The Hall–Kier alpha value is -0.840. The molecule has 0 bridgehead atoms. The van der Waals surface area contributed by atoms with Gasteiger partial charge in [-0.1, -0.05) is 0 Å². The molecule has 20 atom stereocenters. The van der Waals surface area contributed by atoms with Crippen LogP contribution >= 0.6 is 0 Å². The number of ether oxygens (including phenoxy) is 7. The SMILES string of the molecule is OC[C@H]1O[C@@H](OC[C@H]2O[C@@H](OC[C@H]3O[C@H](OC[C@H]4O[C@@H](O)[C@H](O)[C@@H](O)[C@H]4O)[C@H](O)[C@@H](O)[C@H]3O)[C@H](O)[C@@H](O)[C@H]2O)[C@H](O)[C@@H](O)[C@H]1O. The summed E-state index contributed by atoms with van der Waals surface area (Å²) in [4.78, 5) is 0. The highest BCUT2D eigenvalue weighted by molar-refractivity contribution is 4.94. The van der Waals surface area contributed by atoms with Crippen molar-refractivity contribution < 1.29 is 105 Å². The van der Waals surface area contributed by atoms with Crippen LogP contribution in [0.2, 0.25) is 0 Å². The molecule has 0 unspecified atom stereocenters. The quantitative estimate of drug-likeness (QED) is 0.103. The molecule has 0 amide bonds. The highest BCUT2D eigenvalue weighted by atomic mass is 16.7. The van der Waals surface area contributed by atoms with E-state index in [0.717, 1.165) is 0 Å². The Morgan fingerprint density at radius 1 is 0.333 bits per heavy atom. The molecule has 0 radical (unpaired) electrons. The zero-order valence-corrected chi connectivity index (χ0v) is 23.5. The van der Waals surface area contributed by atoms with Crippen molar-refractivity contribution in [3.63, 3.8) is 0 Å². The van der Waals surface area contributed by atoms with E-state index in [-0.39, 0.29) is 0 Å². The van der Waals surface area contributed by atoms with Crippen molar-refractivity contribution in [2.24, 2.45) is 0 Å². The second-order valence-corrected chi connectivity index (χ2v) is 11.3. The van der Waals surface area contributed by atoms with Crippen LogP contribution in [0.4, 0.5) is 0 Å². The van der Waals surface area contributed by atoms with E-state index in [1.54, 1.807) is 0 Å². The van der Waals surface area contributed by atoms with Gasteiger partial charge in [-0.05, 0) is 0 Å². The topological polar surface area (TPSA) is 348 Å². The van der Waals surface area contributed by atoms with Crippen LogP contribution in [0.5, 0.6) is 0 Å². The van der Waals surface area contributed by atoms with Crippen LogP contribution in [-0.4, -0.2) is 221 Å². The van der Waals surface area contributed by atoms with Gasteiger partial charge in [0, 0.05) is 0 Å². The average molecular weight is 667 g/mol. The molecule has 264 valence electrons. The summed E-state index contributed by atoms with van der Waals surface area (Å²) in [6.45, 7) is -2.67. The van der Waals surface area contributed by atoms with Crippen LogP contribution in [0, 0.1) is 0 Å². The smallest absolute Gasteiger partial charge is 0.186 e. The lowest BCUT2D eigenvalue weighted by molar-refractivity contribution is -0.346. The molecule has 0 aromatic carbocycles. The van der Waals surface area contributed by atoms with Gasteiger partial charge >= 0.3 is 0 Å². The largest absolute Gasteiger partial charge is 0.394 e. The normalized spacial score (nSPS) is 52.9. The van der Waals surface area contributed by atoms with Gasteiger partial charge in [-0.2, -0.15) is 0 Å². The molecule has 4 saturated heterocycles. The van der Waals surface area contributed by atoms with E-state index in [1.165, 1.54) is 0 Å². The van der Waals surface area contributed by atoms with Gasteiger partial charge in [-0.3, -0.25) is 0 Å². The zero-order chi connectivity index (χ0) is 33.3. The Labute approximate surface area is 254 Å². The molecule has 4 heterocycles. The van der Waals surface area contributed by atoms with Crippen molar-refractivity contribution in [1.29, 1.82) is 0 Å². The Morgan fingerprint density at radius 2 is 0.622 bits per heavy atom. The lowest BCUT2D eigenvalue weighted by Crippen LogP contribution is -2.63. The van der Waals surface area contributed by atoms with Gasteiger partial charge in [0.05, 0.1) is 26.4 Å². The van der Waals surface area contributed by atoms with Crippen LogP contribution in [-0.2, 0) is 33.2 Å². The first kappa shape index (κ1) is 37.0. The van der Waals surface area contributed by atoms with E-state index in [0.29, 0.717) is 0 Å². The lowest BCUT2D eigenvalue weighted by Gasteiger charge is -2.44. The molecular formula is C24H42O21. The fraction of sp³-hybridized carbons (Fsp3) is 1.00. The Kier molecular flexibility index (Phi) is 12.8. The Balaban J connectivity index is 1.33. The van der Waals surface area contributed by atoms with E-state index < -0.39 is 149 Å². The minimum atomic E-state index is -1.88. The number of hydrogen-bond acceptors (Lipinski definition) is 21. The summed E-state index contributed by atoms with van der Waals surface area (Å²) >= 11 is 0. The number of hydrogen-bond donors (Lipinski definition) is 14. The maximum Gasteiger partial charge on any atom is 0.186 e. The van der Waals surface area contributed by atoms with Crippen molar-refractivity contribution >= 4 is 0 Å². The van der Waals surface area contributed by atoms with E-state index in [2.05, 4.69) is 0 Å². The molecule has 21 heteroatoms. The first-order chi connectivity index (χ1) is 21.2. The maximum atomic E-state index is 10.4. The van der Waals surface area contributed by atoms with Crippen molar-refractivity contribution in [3.8, 4) is 0 Å². The van der Waals surface area contributed by atoms with E-state index >= 15 is 0 Å². The summed E-state index contributed by atoms with van der Waals surface area (Å²) in [5, 5.41) is 141. The summed E-state index contributed by atoms with van der Waals surface area (Å²) in [5.41, 5.74) is 0. The van der Waals surface area contributed by atoms with Crippen molar-refractivity contribution in [3.05, 3.63) is 0 Å². The number of aliphatic hydroxyl groups excluding tert-OH is 14. The van der Waals surface area contributed by atoms with Gasteiger partial charge in [0.2, 0.25) is 0 Å². The monoisotopic (exact) mass is 666 g/mol. The van der Waals surface area contributed by atoms with Crippen LogP contribution in [0.1, 0.15) is 0 Å². The molecule has 14 N–H and O–H groups in total. The molecule has 4 rings (SSSR count). The summed E-state index contributed by atoms with van der Waals surface area (Å²) in [7, 11) is 0. The third kappa shape index (κ3) is 7.91. The number of rotatable bonds is 10. The predicted molar refractivity (Wildman–Crippen MR) is 134 cm³/mol. The summed E-state index contributed by atoms with van der Waals surface area (Å²) in [5.74, 6) is 0. The summed E-state index contributed by atoms with van der Waals surface area (Å²) in [6.07, 6.45) is -34.1. The molecule has 4 aliphatic heterocycles. The van der Waals surface area contributed by atoms with Gasteiger partial charge in [-0.15, -0.1) is 0 Å². The van der Waals surface area contributed by atoms with E-state index in [4.69, 9.17) is 33.2 Å².